The second kappa shape index (κ2) is 9.11. The van der Waals surface area contributed by atoms with Gasteiger partial charge in [-0.05, 0) is 66.3 Å². The number of halogens is 2. The molecule has 0 aromatic heterocycles. The fourth-order valence-electron chi connectivity index (χ4n) is 5.08. The summed E-state index contributed by atoms with van der Waals surface area (Å²) in [6, 6.07) is 18.6. The Bertz CT molecular complexity index is 1400. The smallest absolute Gasteiger partial charge is 0.265 e. The molecule has 3 aromatic carbocycles. The maximum absolute atomic E-state index is 13.3. The quantitative estimate of drug-likeness (QED) is 0.308. The molecule has 0 spiro atoms. The van der Waals surface area contributed by atoms with E-state index in [0.717, 1.165) is 23.1 Å². The van der Waals surface area contributed by atoms with E-state index in [1.165, 1.54) is 24.3 Å². The molecule has 1 saturated carbocycles. The Hall–Kier alpha value is -2.62. The van der Waals surface area contributed by atoms with Crippen LogP contribution in [0.1, 0.15) is 29.0 Å². The molecule has 3 unspecified atom stereocenters. The third-order valence-corrected chi connectivity index (χ3v) is 8.89. The average Bonchev–Trinajstić information content (AvgIpc) is 3.51. The summed E-state index contributed by atoms with van der Waals surface area (Å²) in [7, 11) is -4.08. The fourth-order valence-corrected chi connectivity index (χ4v) is 6.97. The first-order valence-corrected chi connectivity index (χ1v) is 13.2. The zero-order valence-corrected chi connectivity index (χ0v) is 20.7. The number of carbonyl (C=O) groups excluding carboxylic acids is 1. The number of aryl methyl sites for hydroxylation is 1. The molecule has 3 atom stereocenters. The Kier molecular flexibility index (Phi) is 6.27. The van der Waals surface area contributed by atoms with E-state index in [2.05, 4.69) is 4.72 Å². The average molecular weight is 533 g/mol. The molecule has 1 fully saturated rings. The first kappa shape index (κ1) is 24.1. The minimum absolute atomic E-state index is 0.0172. The molecule has 1 amide bonds. The zero-order chi connectivity index (χ0) is 24.8. The van der Waals surface area contributed by atoms with Gasteiger partial charge in [0.05, 0.1) is 4.90 Å². The van der Waals surface area contributed by atoms with E-state index in [-0.39, 0.29) is 23.3 Å². The highest BCUT2D eigenvalue weighted by atomic mass is 35.5. The Morgan fingerprint density at radius 3 is 2.54 bits per heavy atom. The predicted octanol–water partition coefficient (Wildman–Crippen LogP) is 4.45. The van der Waals surface area contributed by atoms with Gasteiger partial charge in [0.2, 0.25) is 10.0 Å². The van der Waals surface area contributed by atoms with Crippen molar-refractivity contribution in [2.75, 3.05) is 0 Å². The highest BCUT2D eigenvalue weighted by Gasteiger charge is 2.72. The molecule has 2 aliphatic carbocycles. The van der Waals surface area contributed by atoms with Crippen molar-refractivity contribution in [3.05, 3.63) is 93.5 Å². The van der Waals surface area contributed by atoms with E-state index in [9.17, 15) is 18.4 Å². The van der Waals surface area contributed by atoms with Crippen LogP contribution in [0.25, 0.3) is 0 Å². The number of benzene rings is 3. The lowest BCUT2D eigenvalue weighted by molar-refractivity contribution is -0.132. The first-order chi connectivity index (χ1) is 16.8. The number of sulfonamides is 1. The number of fused-ring (bicyclic) bond motifs is 3. The molecule has 5 rings (SSSR count). The van der Waals surface area contributed by atoms with Crippen LogP contribution < -0.4 is 14.9 Å². The molecule has 0 aliphatic heterocycles. The topological polar surface area (TPSA) is 105 Å². The molecule has 0 radical (unpaired) electrons. The van der Waals surface area contributed by atoms with Crippen LogP contribution in [0, 0.1) is 5.92 Å². The van der Waals surface area contributed by atoms with Crippen LogP contribution >= 0.6 is 23.2 Å². The van der Waals surface area contributed by atoms with E-state index in [1.807, 2.05) is 24.3 Å². The Labute approximate surface area is 213 Å². The minimum atomic E-state index is -4.08. The summed E-state index contributed by atoms with van der Waals surface area (Å²) in [4.78, 5) is 12.8. The summed E-state index contributed by atoms with van der Waals surface area (Å²) in [5, 5.41) is 10.4. The van der Waals surface area contributed by atoms with Crippen LogP contribution in [0.2, 0.25) is 10.0 Å². The number of carbonyl (C=O) groups is 1. The Balaban J connectivity index is 1.35. The lowest BCUT2D eigenvalue weighted by atomic mass is 9.92. The molecule has 35 heavy (non-hydrogen) atoms. The van der Waals surface area contributed by atoms with Gasteiger partial charge in [0.15, 0.2) is 0 Å². The van der Waals surface area contributed by atoms with E-state index in [0.29, 0.717) is 22.2 Å². The molecule has 2 aliphatic rings. The van der Waals surface area contributed by atoms with E-state index in [1.54, 1.807) is 23.7 Å². The van der Waals surface area contributed by atoms with E-state index in [4.69, 9.17) is 27.9 Å². The van der Waals surface area contributed by atoms with Gasteiger partial charge in [-0.2, -0.15) is 4.72 Å². The van der Waals surface area contributed by atoms with Crippen LogP contribution in [0.3, 0.4) is 0 Å². The van der Waals surface area contributed by atoms with E-state index >= 15 is 0 Å². The second-order valence-electron chi connectivity index (χ2n) is 8.73. The van der Waals surface area contributed by atoms with Crippen molar-refractivity contribution < 1.29 is 23.2 Å². The van der Waals surface area contributed by atoms with Crippen molar-refractivity contribution in [2.45, 2.75) is 35.8 Å². The second-order valence-corrected chi connectivity index (χ2v) is 11.3. The third kappa shape index (κ3) is 4.30. The van der Waals surface area contributed by atoms with Crippen LogP contribution in [0.5, 0.6) is 5.75 Å². The summed E-state index contributed by atoms with van der Waals surface area (Å²) in [6.07, 6.45) is 1.38. The number of nitrogens with one attached hydrogen (secondary N) is 2. The maximum Gasteiger partial charge on any atom is 0.265 e. The van der Waals surface area contributed by atoms with Gasteiger partial charge in [0.1, 0.15) is 17.9 Å². The van der Waals surface area contributed by atoms with Gasteiger partial charge in [-0.25, -0.2) is 13.9 Å². The minimum Gasteiger partial charge on any atom is -0.489 e. The SMILES string of the molecule is O=C(NO)C1(NS(=O)(=O)c2ccc(OCc3ccc(Cl)cc3Cl)cc2)C2CCc3ccccc3C21. The molecule has 0 heterocycles. The highest BCUT2D eigenvalue weighted by Crippen LogP contribution is 2.63. The van der Waals surface area contributed by atoms with Crippen molar-refractivity contribution in [1.29, 1.82) is 0 Å². The molecular weight excluding hydrogens is 511 g/mol. The van der Waals surface area contributed by atoms with E-state index < -0.39 is 21.5 Å². The van der Waals surface area contributed by atoms with Crippen molar-refractivity contribution in [3.8, 4) is 5.75 Å². The van der Waals surface area contributed by atoms with Crippen molar-refractivity contribution in [3.63, 3.8) is 0 Å². The monoisotopic (exact) mass is 532 g/mol. The molecule has 182 valence electrons. The predicted molar refractivity (Wildman–Crippen MR) is 131 cm³/mol. The highest BCUT2D eigenvalue weighted by molar-refractivity contribution is 7.89. The zero-order valence-electron chi connectivity index (χ0n) is 18.4. The summed E-state index contributed by atoms with van der Waals surface area (Å²) < 4.78 is 34.9. The van der Waals surface area contributed by atoms with Gasteiger partial charge >= 0.3 is 0 Å². The van der Waals surface area contributed by atoms with Gasteiger partial charge in [0.25, 0.3) is 5.91 Å². The molecule has 3 N–H and O–H groups in total. The summed E-state index contributed by atoms with van der Waals surface area (Å²) >= 11 is 12.1. The normalized spacial score (nSPS) is 22.6. The van der Waals surface area contributed by atoms with Crippen molar-refractivity contribution in [2.24, 2.45) is 5.92 Å². The Morgan fingerprint density at radius 2 is 1.83 bits per heavy atom. The Morgan fingerprint density at radius 1 is 1.09 bits per heavy atom. The molecular formula is C25H22Cl2N2O5S. The number of hydroxylamine groups is 1. The number of hydrogen-bond acceptors (Lipinski definition) is 5. The van der Waals surface area contributed by atoms with Crippen molar-refractivity contribution >= 4 is 39.1 Å². The van der Waals surface area contributed by atoms with Crippen LogP contribution in [-0.4, -0.2) is 25.1 Å². The lowest BCUT2D eigenvalue weighted by Crippen LogP contribution is -2.50. The lowest BCUT2D eigenvalue weighted by Gasteiger charge is -2.18. The third-order valence-electron chi connectivity index (χ3n) is 6.81. The van der Waals surface area contributed by atoms with Gasteiger partial charge in [0, 0.05) is 21.5 Å². The van der Waals surface area contributed by atoms with Gasteiger partial charge in [-0.3, -0.25) is 10.0 Å². The maximum atomic E-state index is 13.3. The number of amides is 1. The molecule has 0 bridgehead atoms. The number of hydrogen-bond donors (Lipinski definition) is 3. The van der Waals surface area contributed by atoms with Crippen molar-refractivity contribution in [1.82, 2.24) is 10.2 Å². The van der Waals surface area contributed by atoms with Gasteiger partial charge in [-0.1, -0.05) is 53.5 Å². The molecule has 7 nitrogen and oxygen atoms in total. The first-order valence-electron chi connectivity index (χ1n) is 11.0. The number of ether oxygens (including phenoxy) is 1. The molecule has 0 saturated heterocycles. The summed E-state index contributed by atoms with van der Waals surface area (Å²) in [5.41, 5.74) is 2.98. The van der Waals surface area contributed by atoms with Gasteiger partial charge < -0.3 is 4.74 Å². The van der Waals surface area contributed by atoms with Crippen LogP contribution in [-0.2, 0) is 27.8 Å². The molecule has 3 aromatic rings. The largest absolute Gasteiger partial charge is 0.489 e. The standard InChI is InChI=1S/C25H22Cl2N2O5S/c26-17-7-5-16(22(27)13-17)14-34-18-8-10-19(11-9-18)35(32,33)29-25(24(30)28-31)21-12-6-15-3-1-2-4-20(15)23(21)25/h1-5,7-11,13,21,23,29,31H,6,12,14H2,(H,28,30). The number of rotatable bonds is 7. The summed E-state index contributed by atoms with van der Waals surface area (Å²) in [6.45, 7) is 0.183. The fraction of sp³-hybridized carbons (Fsp3) is 0.240. The van der Waals surface area contributed by atoms with Gasteiger partial charge in [-0.15, -0.1) is 0 Å². The van der Waals surface area contributed by atoms with Crippen LogP contribution in [0.15, 0.2) is 71.6 Å². The molecule has 10 heteroatoms. The van der Waals surface area contributed by atoms with Crippen LogP contribution in [0.4, 0.5) is 0 Å². The summed E-state index contributed by atoms with van der Waals surface area (Å²) in [5.74, 6) is -0.897.